The third kappa shape index (κ3) is 2.69. The lowest BCUT2D eigenvalue weighted by Crippen LogP contribution is -2.32. The van der Waals surface area contributed by atoms with Crippen LogP contribution in [0.5, 0.6) is 11.5 Å². The molecule has 1 aromatic rings. The minimum Gasteiger partial charge on any atom is -0.497 e. The van der Waals surface area contributed by atoms with Crippen molar-refractivity contribution in [3.63, 3.8) is 0 Å². The molecule has 1 amide bonds. The zero-order valence-electron chi connectivity index (χ0n) is 11.5. The van der Waals surface area contributed by atoms with Crippen molar-refractivity contribution in [1.29, 1.82) is 0 Å². The number of halogens is 1. The molecule has 1 aliphatic heterocycles. The van der Waals surface area contributed by atoms with Crippen LogP contribution in [0.25, 0.3) is 0 Å². The smallest absolute Gasteiger partial charge is 0.251 e. The molecular weight excluding hydrogens is 280 g/mol. The van der Waals surface area contributed by atoms with Gasteiger partial charge in [0.05, 0.1) is 14.2 Å². The summed E-state index contributed by atoms with van der Waals surface area (Å²) in [7, 11) is 3.15. The molecule has 2 aliphatic rings. The summed E-state index contributed by atoms with van der Waals surface area (Å²) < 4.78 is 10.3. The molecule has 3 rings (SSSR count). The number of hydrogen-bond donors (Lipinski definition) is 2. The fraction of sp³-hybridized carbons (Fsp3) is 0.500. The van der Waals surface area contributed by atoms with Gasteiger partial charge in [0.15, 0.2) is 0 Å². The van der Waals surface area contributed by atoms with Crippen LogP contribution in [0.1, 0.15) is 10.4 Å². The first-order valence-electron chi connectivity index (χ1n) is 6.47. The minimum absolute atomic E-state index is 0. The van der Waals surface area contributed by atoms with Crippen molar-refractivity contribution in [2.75, 3.05) is 27.3 Å². The van der Waals surface area contributed by atoms with Crippen molar-refractivity contribution < 1.29 is 14.3 Å². The van der Waals surface area contributed by atoms with Gasteiger partial charge in [0.1, 0.15) is 11.5 Å². The van der Waals surface area contributed by atoms with E-state index in [1.165, 1.54) is 0 Å². The molecule has 1 heterocycles. The second kappa shape index (κ2) is 5.89. The van der Waals surface area contributed by atoms with Crippen LogP contribution < -0.4 is 20.1 Å². The Balaban J connectivity index is 0.00000147. The second-order valence-corrected chi connectivity index (χ2v) is 5.09. The molecule has 2 fully saturated rings. The lowest BCUT2D eigenvalue weighted by atomic mass is 10.2. The van der Waals surface area contributed by atoms with Crippen LogP contribution >= 0.6 is 12.4 Å². The number of benzene rings is 1. The Kier molecular flexibility index (Phi) is 4.40. The summed E-state index contributed by atoms with van der Waals surface area (Å²) in [6.07, 6.45) is 0. The molecular formula is C14H19ClN2O3. The van der Waals surface area contributed by atoms with Gasteiger partial charge in [0.2, 0.25) is 0 Å². The number of rotatable bonds is 4. The van der Waals surface area contributed by atoms with E-state index in [-0.39, 0.29) is 18.3 Å². The van der Waals surface area contributed by atoms with Crippen molar-refractivity contribution in [2.45, 2.75) is 6.04 Å². The highest BCUT2D eigenvalue weighted by Gasteiger charge is 2.53. The summed E-state index contributed by atoms with van der Waals surface area (Å²) in [6, 6.07) is 5.54. The molecule has 0 bridgehead atoms. The summed E-state index contributed by atoms with van der Waals surface area (Å²) in [5.41, 5.74) is 0.578. The number of amides is 1. The monoisotopic (exact) mass is 298 g/mol. The molecule has 5 nitrogen and oxygen atoms in total. The fourth-order valence-corrected chi connectivity index (χ4v) is 2.81. The number of fused-ring (bicyclic) bond motifs is 1. The van der Waals surface area contributed by atoms with Gasteiger partial charge in [-0.15, -0.1) is 12.4 Å². The van der Waals surface area contributed by atoms with Gasteiger partial charge in [-0.05, 0) is 24.0 Å². The van der Waals surface area contributed by atoms with Crippen LogP contribution in [0, 0.1) is 11.8 Å². The maximum atomic E-state index is 12.2. The Morgan fingerprint density at radius 1 is 1.15 bits per heavy atom. The Labute approximate surface area is 124 Å². The largest absolute Gasteiger partial charge is 0.497 e. The first-order chi connectivity index (χ1) is 9.22. The van der Waals surface area contributed by atoms with Crippen LogP contribution in [0.2, 0.25) is 0 Å². The Bertz CT molecular complexity index is 477. The molecule has 20 heavy (non-hydrogen) atoms. The van der Waals surface area contributed by atoms with Crippen LogP contribution in [0.4, 0.5) is 0 Å². The first-order valence-corrected chi connectivity index (χ1v) is 6.47. The van der Waals surface area contributed by atoms with Gasteiger partial charge in [0.25, 0.3) is 5.91 Å². The van der Waals surface area contributed by atoms with Crippen molar-refractivity contribution in [1.82, 2.24) is 10.6 Å². The number of nitrogens with one attached hydrogen (secondary N) is 2. The molecule has 1 aromatic carbocycles. The van der Waals surface area contributed by atoms with Crippen LogP contribution in [0.3, 0.4) is 0 Å². The Morgan fingerprint density at radius 2 is 1.70 bits per heavy atom. The van der Waals surface area contributed by atoms with Gasteiger partial charge in [0, 0.05) is 30.8 Å². The van der Waals surface area contributed by atoms with Gasteiger partial charge in [-0.3, -0.25) is 4.79 Å². The summed E-state index contributed by atoms with van der Waals surface area (Å²) in [5, 5.41) is 6.39. The van der Waals surface area contributed by atoms with E-state index in [0.29, 0.717) is 34.9 Å². The molecule has 2 unspecified atom stereocenters. The zero-order chi connectivity index (χ0) is 13.4. The molecule has 0 spiro atoms. The highest BCUT2D eigenvalue weighted by molar-refractivity contribution is 5.95. The lowest BCUT2D eigenvalue weighted by molar-refractivity contribution is 0.0946. The number of hydrogen-bond acceptors (Lipinski definition) is 4. The third-order valence-corrected chi connectivity index (χ3v) is 4.00. The standard InChI is InChI=1S/C14H18N2O3.ClH/c1-18-9-3-8(4-10(5-9)19-2)14(17)16-13-11-6-15-7-12(11)13;/h3-5,11-13,15H,6-7H2,1-2H3,(H,16,17);1H. The van der Waals surface area contributed by atoms with Crippen molar-refractivity contribution >= 4 is 18.3 Å². The SMILES string of the molecule is COc1cc(OC)cc(C(=O)NC2C3CNCC32)c1.Cl. The molecule has 1 saturated carbocycles. The molecule has 0 radical (unpaired) electrons. The molecule has 6 heteroatoms. The quantitative estimate of drug-likeness (QED) is 0.873. The predicted molar refractivity (Wildman–Crippen MR) is 77.9 cm³/mol. The highest BCUT2D eigenvalue weighted by atomic mass is 35.5. The average Bonchev–Trinajstić information content (AvgIpc) is 2.89. The molecule has 0 aromatic heterocycles. The number of piperidine rings is 1. The second-order valence-electron chi connectivity index (χ2n) is 5.09. The van der Waals surface area contributed by atoms with Crippen LogP contribution in [-0.4, -0.2) is 39.3 Å². The molecule has 2 atom stereocenters. The summed E-state index contributed by atoms with van der Waals surface area (Å²) in [5.74, 6) is 2.41. The van der Waals surface area contributed by atoms with Gasteiger partial charge in [-0.1, -0.05) is 0 Å². The molecule has 1 aliphatic carbocycles. The van der Waals surface area contributed by atoms with E-state index in [1.54, 1.807) is 32.4 Å². The molecule has 110 valence electrons. The summed E-state index contributed by atoms with van der Waals surface area (Å²) in [6.45, 7) is 2.02. The van der Waals surface area contributed by atoms with E-state index in [0.717, 1.165) is 13.1 Å². The minimum atomic E-state index is -0.0587. The van der Waals surface area contributed by atoms with E-state index in [4.69, 9.17) is 9.47 Å². The number of ether oxygens (including phenoxy) is 2. The maximum Gasteiger partial charge on any atom is 0.251 e. The summed E-state index contributed by atoms with van der Waals surface area (Å²) in [4.78, 5) is 12.2. The van der Waals surface area contributed by atoms with Gasteiger partial charge < -0.3 is 20.1 Å². The van der Waals surface area contributed by atoms with Crippen LogP contribution in [0.15, 0.2) is 18.2 Å². The van der Waals surface area contributed by atoms with E-state index >= 15 is 0 Å². The molecule has 2 N–H and O–H groups in total. The van der Waals surface area contributed by atoms with Gasteiger partial charge in [-0.25, -0.2) is 0 Å². The third-order valence-electron chi connectivity index (χ3n) is 4.00. The number of carbonyl (C=O) groups is 1. The fourth-order valence-electron chi connectivity index (χ4n) is 2.81. The van der Waals surface area contributed by atoms with Crippen molar-refractivity contribution in [3.05, 3.63) is 23.8 Å². The predicted octanol–water partition coefficient (Wildman–Crippen LogP) is 1.07. The van der Waals surface area contributed by atoms with Gasteiger partial charge in [-0.2, -0.15) is 0 Å². The van der Waals surface area contributed by atoms with Gasteiger partial charge >= 0.3 is 0 Å². The Hall–Kier alpha value is -1.46. The van der Waals surface area contributed by atoms with Crippen molar-refractivity contribution in [2.24, 2.45) is 11.8 Å². The number of carbonyl (C=O) groups excluding carboxylic acids is 1. The van der Waals surface area contributed by atoms with E-state index in [1.807, 2.05) is 0 Å². The first kappa shape index (κ1) is 14.9. The average molecular weight is 299 g/mol. The Morgan fingerprint density at radius 3 is 2.20 bits per heavy atom. The van der Waals surface area contributed by atoms with Crippen LogP contribution in [-0.2, 0) is 0 Å². The van der Waals surface area contributed by atoms with E-state index in [2.05, 4.69) is 10.6 Å². The normalized spacial score (nSPS) is 26.2. The lowest BCUT2D eigenvalue weighted by Gasteiger charge is -2.10. The topological polar surface area (TPSA) is 59.6 Å². The summed E-state index contributed by atoms with van der Waals surface area (Å²) >= 11 is 0. The number of methoxy groups -OCH3 is 2. The zero-order valence-corrected chi connectivity index (χ0v) is 12.3. The highest BCUT2D eigenvalue weighted by Crippen LogP contribution is 2.41. The van der Waals surface area contributed by atoms with E-state index in [9.17, 15) is 4.79 Å². The molecule has 1 saturated heterocycles. The van der Waals surface area contributed by atoms with Crippen molar-refractivity contribution in [3.8, 4) is 11.5 Å². The maximum absolute atomic E-state index is 12.2. The van der Waals surface area contributed by atoms with E-state index < -0.39 is 0 Å².